The molecule has 0 amide bonds. The molecule has 0 spiro atoms. The Hall–Kier alpha value is -0.200. The van der Waals surface area contributed by atoms with Gasteiger partial charge in [-0.2, -0.15) is 0 Å². The maximum Gasteiger partial charge on any atom is 0.109 e. The fraction of sp³-hybridized carbons (Fsp3) is 1.00. The molecule has 0 aromatic carbocycles. The molecule has 0 aliphatic heterocycles. The normalized spacial score (nSPS) is 49.2. The SMILES string of the molecule is OC[C@H]1C[C@@H](O)[C@@H](O)[C@H](O)[C@@H]1O. The number of hydrogen-bond acceptors (Lipinski definition) is 5. The Morgan fingerprint density at radius 1 is 0.917 bits per heavy atom. The minimum absolute atomic E-state index is 0.107. The lowest BCUT2D eigenvalue weighted by Gasteiger charge is -2.37. The number of aliphatic hydroxyl groups is 5. The van der Waals surface area contributed by atoms with E-state index < -0.39 is 30.3 Å². The molecule has 12 heavy (non-hydrogen) atoms. The summed E-state index contributed by atoms with van der Waals surface area (Å²) >= 11 is 0. The van der Waals surface area contributed by atoms with Crippen molar-refractivity contribution >= 4 is 0 Å². The first-order valence-electron chi connectivity index (χ1n) is 3.91. The molecule has 0 aromatic heterocycles. The molecule has 0 unspecified atom stereocenters. The fourth-order valence-corrected chi connectivity index (χ4v) is 1.48. The summed E-state index contributed by atoms with van der Waals surface area (Å²) in [5.41, 5.74) is 0. The van der Waals surface area contributed by atoms with Gasteiger partial charge in [-0.25, -0.2) is 0 Å². The van der Waals surface area contributed by atoms with Crippen LogP contribution in [0.25, 0.3) is 0 Å². The molecular weight excluding hydrogens is 164 g/mol. The van der Waals surface area contributed by atoms with Gasteiger partial charge < -0.3 is 25.5 Å². The van der Waals surface area contributed by atoms with Crippen molar-refractivity contribution in [3.63, 3.8) is 0 Å². The van der Waals surface area contributed by atoms with Crippen LogP contribution in [0.15, 0.2) is 0 Å². The van der Waals surface area contributed by atoms with Gasteiger partial charge in [-0.15, -0.1) is 0 Å². The van der Waals surface area contributed by atoms with Crippen molar-refractivity contribution < 1.29 is 25.5 Å². The van der Waals surface area contributed by atoms with Crippen LogP contribution in [0, 0.1) is 5.92 Å². The van der Waals surface area contributed by atoms with Crippen LogP contribution in [0.3, 0.4) is 0 Å². The Morgan fingerprint density at radius 2 is 1.50 bits per heavy atom. The number of aliphatic hydroxyl groups excluding tert-OH is 5. The summed E-state index contributed by atoms with van der Waals surface area (Å²) in [5.74, 6) is -0.557. The lowest BCUT2D eigenvalue weighted by molar-refractivity contribution is -0.163. The van der Waals surface area contributed by atoms with Crippen molar-refractivity contribution in [1.29, 1.82) is 0 Å². The van der Waals surface area contributed by atoms with E-state index in [1.807, 2.05) is 0 Å². The highest BCUT2D eigenvalue weighted by atomic mass is 16.4. The first-order chi connectivity index (χ1) is 5.57. The zero-order chi connectivity index (χ0) is 9.30. The van der Waals surface area contributed by atoms with Gasteiger partial charge in [0.25, 0.3) is 0 Å². The molecule has 5 atom stereocenters. The van der Waals surface area contributed by atoms with Gasteiger partial charge in [0.2, 0.25) is 0 Å². The van der Waals surface area contributed by atoms with E-state index in [1.165, 1.54) is 0 Å². The van der Waals surface area contributed by atoms with Crippen LogP contribution < -0.4 is 0 Å². The predicted octanol–water partition coefficient (Wildman–Crippen LogP) is -2.56. The molecule has 1 fully saturated rings. The van der Waals surface area contributed by atoms with E-state index in [0.717, 1.165) is 0 Å². The smallest absolute Gasteiger partial charge is 0.109 e. The third kappa shape index (κ3) is 1.60. The Morgan fingerprint density at radius 3 is 2.00 bits per heavy atom. The molecule has 5 heteroatoms. The second-order valence-electron chi connectivity index (χ2n) is 3.22. The van der Waals surface area contributed by atoms with Gasteiger partial charge in [0.15, 0.2) is 0 Å². The van der Waals surface area contributed by atoms with Crippen LogP contribution >= 0.6 is 0 Å². The van der Waals surface area contributed by atoms with Gasteiger partial charge in [-0.3, -0.25) is 0 Å². The van der Waals surface area contributed by atoms with Crippen molar-refractivity contribution in [3.8, 4) is 0 Å². The average molecular weight is 178 g/mol. The molecule has 1 aliphatic rings. The van der Waals surface area contributed by atoms with Crippen molar-refractivity contribution in [1.82, 2.24) is 0 Å². The minimum Gasteiger partial charge on any atom is -0.396 e. The Balaban J connectivity index is 2.63. The predicted molar refractivity (Wildman–Crippen MR) is 39.2 cm³/mol. The maximum atomic E-state index is 9.24. The summed E-state index contributed by atoms with van der Waals surface area (Å²) < 4.78 is 0. The van der Waals surface area contributed by atoms with Gasteiger partial charge in [0, 0.05) is 12.5 Å². The highest BCUT2D eigenvalue weighted by Gasteiger charge is 2.41. The van der Waals surface area contributed by atoms with Gasteiger partial charge in [0.05, 0.1) is 12.2 Å². The van der Waals surface area contributed by atoms with Crippen molar-refractivity contribution in [2.24, 2.45) is 5.92 Å². The van der Waals surface area contributed by atoms with Crippen LogP contribution in [0.2, 0.25) is 0 Å². The van der Waals surface area contributed by atoms with Gasteiger partial charge >= 0.3 is 0 Å². The topological polar surface area (TPSA) is 101 Å². The van der Waals surface area contributed by atoms with E-state index in [2.05, 4.69) is 0 Å². The average Bonchev–Trinajstić information content (AvgIpc) is 2.08. The second kappa shape index (κ2) is 3.68. The van der Waals surface area contributed by atoms with Gasteiger partial charge in [-0.1, -0.05) is 0 Å². The third-order valence-electron chi connectivity index (χ3n) is 2.36. The largest absolute Gasteiger partial charge is 0.396 e. The van der Waals surface area contributed by atoms with Crippen molar-refractivity contribution in [3.05, 3.63) is 0 Å². The maximum absolute atomic E-state index is 9.24. The molecule has 0 bridgehead atoms. The lowest BCUT2D eigenvalue weighted by atomic mass is 9.81. The van der Waals surface area contributed by atoms with E-state index in [1.54, 1.807) is 0 Å². The molecule has 1 rings (SSSR count). The van der Waals surface area contributed by atoms with E-state index in [0.29, 0.717) is 0 Å². The first kappa shape index (κ1) is 9.88. The highest BCUT2D eigenvalue weighted by molar-refractivity contribution is 4.91. The first-order valence-corrected chi connectivity index (χ1v) is 3.91. The van der Waals surface area contributed by atoms with Crippen LogP contribution in [-0.4, -0.2) is 56.6 Å². The molecule has 5 nitrogen and oxygen atoms in total. The molecule has 0 radical (unpaired) electrons. The number of rotatable bonds is 1. The van der Waals surface area contributed by atoms with Crippen LogP contribution in [-0.2, 0) is 0 Å². The van der Waals surface area contributed by atoms with E-state index in [-0.39, 0.29) is 13.0 Å². The molecule has 1 saturated carbocycles. The summed E-state index contributed by atoms with van der Waals surface area (Å²) in [6.07, 6.45) is -4.81. The molecule has 0 aromatic rings. The Labute approximate surface area is 69.9 Å². The van der Waals surface area contributed by atoms with Gasteiger partial charge in [0.1, 0.15) is 12.2 Å². The second-order valence-corrected chi connectivity index (χ2v) is 3.22. The van der Waals surface area contributed by atoms with E-state index in [9.17, 15) is 5.11 Å². The van der Waals surface area contributed by atoms with Crippen LogP contribution in [0.5, 0.6) is 0 Å². The van der Waals surface area contributed by atoms with E-state index in [4.69, 9.17) is 20.4 Å². The summed E-state index contributed by atoms with van der Waals surface area (Å²) in [6, 6.07) is 0. The summed E-state index contributed by atoms with van der Waals surface area (Å²) in [5, 5.41) is 45.3. The van der Waals surface area contributed by atoms with Crippen LogP contribution in [0.1, 0.15) is 6.42 Å². The minimum atomic E-state index is -1.37. The summed E-state index contributed by atoms with van der Waals surface area (Å²) in [6.45, 7) is -0.304. The van der Waals surface area contributed by atoms with Crippen LogP contribution in [0.4, 0.5) is 0 Å². The van der Waals surface area contributed by atoms with Gasteiger partial charge in [-0.05, 0) is 6.42 Å². The standard InChI is InChI=1S/C7H14O5/c8-2-3-1-4(9)6(11)7(12)5(3)10/h3-12H,1-2H2/t3-,4-,5-,6-,7-/m1/s1. The zero-order valence-corrected chi connectivity index (χ0v) is 6.54. The molecule has 5 N–H and O–H groups in total. The Bertz CT molecular complexity index is 146. The molecular formula is C7H14O5. The molecule has 0 saturated heterocycles. The number of hydrogen-bond donors (Lipinski definition) is 5. The monoisotopic (exact) mass is 178 g/mol. The highest BCUT2D eigenvalue weighted by Crippen LogP contribution is 2.25. The summed E-state index contributed by atoms with van der Waals surface area (Å²) in [4.78, 5) is 0. The quantitative estimate of drug-likeness (QED) is 0.304. The zero-order valence-electron chi connectivity index (χ0n) is 6.54. The summed E-state index contributed by atoms with van der Waals surface area (Å²) in [7, 11) is 0. The molecule has 72 valence electrons. The fourth-order valence-electron chi connectivity index (χ4n) is 1.48. The van der Waals surface area contributed by atoms with E-state index >= 15 is 0 Å². The van der Waals surface area contributed by atoms with Crippen molar-refractivity contribution in [2.45, 2.75) is 30.8 Å². The van der Waals surface area contributed by atoms with Crippen molar-refractivity contribution in [2.75, 3.05) is 6.61 Å². The molecule has 0 heterocycles. The third-order valence-corrected chi connectivity index (χ3v) is 2.36. The Kier molecular flexibility index (Phi) is 3.03. The molecule has 1 aliphatic carbocycles. The lowest BCUT2D eigenvalue weighted by Crippen LogP contribution is -2.54.